The molecule has 0 radical (unpaired) electrons. The predicted molar refractivity (Wildman–Crippen MR) is 64.9 cm³/mol. The van der Waals surface area contributed by atoms with Crippen LogP contribution in [0.4, 0.5) is 0 Å². The molecule has 0 aromatic heterocycles. The van der Waals surface area contributed by atoms with Crippen LogP contribution in [0.25, 0.3) is 0 Å². The maximum Gasteiger partial charge on any atom is 0.337 e. The number of carbonyl (C=O) groups is 3. The molecule has 0 aliphatic rings. The van der Waals surface area contributed by atoms with E-state index in [9.17, 15) is 14.4 Å². The Morgan fingerprint density at radius 1 is 1.05 bits per heavy atom. The van der Waals surface area contributed by atoms with E-state index in [-0.39, 0.29) is 6.61 Å². The van der Waals surface area contributed by atoms with Gasteiger partial charge >= 0.3 is 17.9 Å². The Kier molecular flexibility index (Phi) is 7.43. The fourth-order valence-electron chi connectivity index (χ4n) is 1.52. The van der Waals surface area contributed by atoms with Gasteiger partial charge in [0, 0.05) is 6.61 Å². The minimum absolute atomic E-state index is 0.0132. The fourth-order valence-corrected chi connectivity index (χ4v) is 1.52. The lowest BCUT2D eigenvalue weighted by Gasteiger charge is -2.26. The lowest BCUT2D eigenvalue weighted by molar-refractivity contribution is -0.178. The molecule has 0 fully saturated rings. The summed E-state index contributed by atoms with van der Waals surface area (Å²) in [6.45, 7) is 3.51. The minimum Gasteiger partial charge on any atom is -0.481 e. The highest BCUT2D eigenvalue weighted by molar-refractivity contribution is 5.88. The van der Waals surface area contributed by atoms with Crippen molar-refractivity contribution in [3.8, 4) is 0 Å². The fraction of sp³-hybridized carbons (Fsp3) is 0.583. The summed E-state index contributed by atoms with van der Waals surface area (Å²) in [6, 6.07) is 0. The maximum absolute atomic E-state index is 11.1. The van der Waals surface area contributed by atoms with Crippen LogP contribution >= 0.6 is 0 Å². The number of hydrogen-bond donors (Lipinski definition) is 3. The number of hydrogen-bond acceptors (Lipinski definition) is 4. The Morgan fingerprint density at radius 2 is 1.58 bits per heavy atom. The molecular formula is C12H18O7. The SMILES string of the molecule is C=CCCCCOC(CC(=O)O)(CC(=O)O)C(=O)O. The van der Waals surface area contributed by atoms with Crippen molar-refractivity contribution in [1.82, 2.24) is 0 Å². The van der Waals surface area contributed by atoms with E-state index in [0.717, 1.165) is 6.42 Å². The number of carboxylic acids is 3. The molecule has 0 spiro atoms. The first-order chi connectivity index (χ1) is 8.84. The van der Waals surface area contributed by atoms with Gasteiger partial charge in [0.25, 0.3) is 0 Å². The van der Waals surface area contributed by atoms with Crippen molar-refractivity contribution >= 4 is 17.9 Å². The molecule has 0 aliphatic heterocycles. The Labute approximate surface area is 110 Å². The van der Waals surface area contributed by atoms with Crippen LogP contribution in [0.15, 0.2) is 12.7 Å². The monoisotopic (exact) mass is 274 g/mol. The molecule has 7 nitrogen and oxygen atoms in total. The molecule has 0 aromatic carbocycles. The molecule has 0 saturated heterocycles. The number of carboxylic acid groups (broad SMARTS) is 3. The topological polar surface area (TPSA) is 121 Å². The molecule has 0 rings (SSSR count). The van der Waals surface area contributed by atoms with Gasteiger partial charge in [-0.25, -0.2) is 4.79 Å². The Balaban J connectivity index is 4.70. The van der Waals surface area contributed by atoms with Crippen LogP contribution in [0, 0.1) is 0 Å². The third-order valence-electron chi connectivity index (χ3n) is 2.44. The summed E-state index contributed by atoms with van der Waals surface area (Å²) in [4.78, 5) is 32.5. The van der Waals surface area contributed by atoms with E-state index >= 15 is 0 Å². The van der Waals surface area contributed by atoms with Crippen molar-refractivity contribution in [3.63, 3.8) is 0 Å². The van der Waals surface area contributed by atoms with Crippen LogP contribution in [0.1, 0.15) is 32.1 Å². The van der Waals surface area contributed by atoms with E-state index < -0.39 is 36.4 Å². The summed E-state index contributed by atoms with van der Waals surface area (Å²) in [5.74, 6) is -4.43. The molecule has 3 N–H and O–H groups in total. The van der Waals surface area contributed by atoms with Gasteiger partial charge in [0.1, 0.15) is 0 Å². The zero-order chi connectivity index (χ0) is 14.9. The standard InChI is InChI=1S/C12H18O7/c1-2-3-4-5-6-19-12(11(17)18,7-9(13)14)8-10(15)16/h2H,1,3-8H2,(H,13,14)(H,15,16)(H,17,18). The van der Waals surface area contributed by atoms with Crippen LogP contribution < -0.4 is 0 Å². The average Bonchev–Trinajstić information content (AvgIpc) is 2.26. The van der Waals surface area contributed by atoms with E-state index in [1.165, 1.54) is 0 Å². The van der Waals surface area contributed by atoms with Gasteiger partial charge in [-0.1, -0.05) is 6.08 Å². The van der Waals surface area contributed by atoms with Crippen LogP contribution in [0.2, 0.25) is 0 Å². The largest absolute Gasteiger partial charge is 0.481 e. The lowest BCUT2D eigenvalue weighted by atomic mass is 9.95. The number of rotatable bonds is 11. The second kappa shape index (κ2) is 8.25. The van der Waals surface area contributed by atoms with Crippen molar-refractivity contribution < 1.29 is 34.4 Å². The highest BCUT2D eigenvalue weighted by atomic mass is 16.5. The van der Waals surface area contributed by atoms with E-state index in [1.807, 2.05) is 0 Å². The van der Waals surface area contributed by atoms with Crippen LogP contribution in [-0.4, -0.2) is 45.4 Å². The molecule has 0 aliphatic carbocycles. The molecule has 0 bridgehead atoms. The third kappa shape index (κ3) is 6.56. The minimum atomic E-state index is -2.22. The molecule has 7 heteroatoms. The quantitative estimate of drug-likeness (QED) is 0.381. The van der Waals surface area contributed by atoms with Gasteiger partial charge in [0.15, 0.2) is 5.60 Å². The number of ether oxygens (including phenoxy) is 1. The highest BCUT2D eigenvalue weighted by Gasteiger charge is 2.44. The first-order valence-corrected chi connectivity index (χ1v) is 5.76. The smallest absolute Gasteiger partial charge is 0.337 e. The maximum atomic E-state index is 11.1. The van der Waals surface area contributed by atoms with E-state index in [1.54, 1.807) is 6.08 Å². The summed E-state index contributed by atoms with van der Waals surface area (Å²) in [5.41, 5.74) is -2.22. The first-order valence-electron chi connectivity index (χ1n) is 5.76. The van der Waals surface area contributed by atoms with Gasteiger partial charge in [-0.2, -0.15) is 0 Å². The summed E-state index contributed by atoms with van der Waals surface area (Å²) in [6.07, 6.45) is 1.84. The molecule has 0 amide bonds. The predicted octanol–water partition coefficient (Wildman–Crippen LogP) is 1.13. The third-order valence-corrected chi connectivity index (χ3v) is 2.44. The van der Waals surface area contributed by atoms with Crippen molar-refractivity contribution in [2.75, 3.05) is 6.61 Å². The molecule has 0 saturated carbocycles. The Bertz CT molecular complexity index is 332. The zero-order valence-electron chi connectivity index (χ0n) is 10.5. The second-order valence-corrected chi connectivity index (χ2v) is 4.07. The first kappa shape index (κ1) is 17.1. The highest BCUT2D eigenvalue weighted by Crippen LogP contribution is 2.22. The van der Waals surface area contributed by atoms with Crippen LogP contribution in [-0.2, 0) is 19.1 Å². The van der Waals surface area contributed by atoms with Crippen LogP contribution in [0.3, 0.4) is 0 Å². The lowest BCUT2D eigenvalue weighted by Crippen LogP contribution is -2.45. The zero-order valence-corrected chi connectivity index (χ0v) is 10.5. The van der Waals surface area contributed by atoms with Gasteiger partial charge in [0.05, 0.1) is 12.8 Å². The van der Waals surface area contributed by atoms with Crippen LogP contribution in [0.5, 0.6) is 0 Å². The number of aliphatic carboxylic acids is 3. The molecule has 0 atom stereocenters. The summed E-state index contributed by atoms with van der Waals surface area (Å²) in [7, 11) is 0. The second-order valence-electron chi connectivity index (χ2n) is 4.07. The van der Waals surface area contributed by atoms with Gasteiger partial charge < -0.3 is 20.1 Å². The van der Waals surface area contributed by atoms with Gasteiger partial charge in [-0.3, -0.25) is 9.59 Å². The molecule has 0 heterocycles. The number of unbranched alkanes of at least 4 members (excludes halogenated alkanes) is 2. The summed E-state index contributed by atoms with van der Waals surface area (Å²) >= 11 is 0. The van der Waals surface area contributed by atoms with Crippen molar-refractivity contribution in [1.29, 1.82) is 0 Å². The number of allylic oxidation sites excluding steroid dienone is 1. The Morgan fingerprint density at radius 3 is 1.95 bits per heavy atom. The molecule has 108 valence electrons. The van der Waals surface area contributed by atoms with Gasteiger partial charge in [-0.15, -0.1) is 6.58 Å². The average molecular weight is 274 g/mol. The molecule has 0 aromatic rings. The van der Waals surface area contributed by atoms with E-state index in [4.69, 9.17) is 20.1 Å². The molecule has 0 unspecified atom stereocenters. The van der Waals surface area contributed by atoms with Crippen molar-refractivity contribution in [2.24, 2.45) is 0 Å². The van der Waals surface area contributed by atoms with E-state index in [0.29, 0.717) is 12.8 Å². The molecule has 19 heavy (non-hydrogen) atoms. The summed E-state index contributed by atoms with van der Waals surface area (Å²) in [5, 5.41) is 26.5. The molecular weight excluding hydrogens is 256 g/mol. The van der Waals surface area contributed by atoms with Gasteiger partial charge in [0.2, 0.25) is 0 Å². The Hall–Kier alpha value is -1.89. The normalized spacial score (nSPS) is 10.9. The summed E-state index contributed by atoms with van der Waals surface area (Å²) < 4.78 is 5.06. The van der Waals surface area contributed by atoms with Crippen molar-refractivity contribution in [2.45, 2.75) is 37.7 Å². The van der Waals surface area contributed by atoms with Crippen molar-refractivity contribution in [3.05, 3.63) is 12.7 Å². The van der Waals surface area contributed by atoms with Gasteiger partial charge in [-0.05, 0) is 19.3 Å². The van der Waals surface area contributed by atoms with E-state index in [2.05, 4.69) is 6.58 Å².